The Morgan fingerprint density at radius 3 is 2.64 bits per heavy atom. The molecule has 2 N–H and O–H groups in total. The molecule has 0 aliphatic carbocycles. The summed E-state index contributed by atoms with van der Waals surface area (Å²) >= 11 is 0. The van der Waals surface area contributed by atoms with Crippen LogP contribution in [0.25, 0.3) is 0 Å². The van der Waals surface area contributed by atoms with Gasteiger partial charge in [-0.3, -0.25) is 0 Å². The van der Waals surface area contributed by atoms with Crippen molar-refractivity contribution in [2.75, 3.05) is 18.9 Å². The molecule has 1 rings (SSSR count). The van der Waals surface area contributed by atoms with E-state index in [9.17, 15) is 0 Å². The molecule has 1 aromatic rings. The first kappa shape index (κ1) is 11.0. The van der Waals surface area contributed by atoms with Crippen molar-refractivity contribution in [2.45, 2.75) is 27.3 Å². The molecule has 0 aliphatic rings. The van der Waals surface area contributed by atoms with Crippen molar-refractivity contribution >= 4 is 5.82 Å². The molecule has 0 fully saturated rings. The molecule has 0 bridgehead atoms. The van der Waals surface area contributed by atoms with E-state index in [1.807, 2.05) is 14.0 Å². The lowest BCUT2D eigenvalue weighted by Gasteiger charge is -2.12. The van der Waals surface area contributed by atoms with Gasteiger partial charge < -0.3 is 10.6 Å². The van der Waals surface area contributed by atoms with E-state index in [1.54, 1.807) is 0 Å². The first-order valence-corrected chi connectivity index (χ1v) is 5.04. The van der Waals surface area contributed by atoms with Gasteiger partial charge in [0.05, 0.1) is 0 Å². The highest BCUT2D eigenvalue weighted by Crippen LogP contribution is 2.17. The molecule has 0 unspecified atom stereocenters. The van der Waals surface area contributed by atoms with E-state index in [-0.39, 0.29) is 0 Å². The normalized spacial score (nSPS) is 10.3. The average molecular weight is 193 g/mol. The maximum atomic E-state index is 4.45. The number of nitrogens with zero attached hydrogens (tertiary/aromatic N) is 1. The van der Waals surface area contributed by atoms with Gasteiger partial charge >= 0.3 is 0 Å². The summed E-state index contributed by atoms with van der Waals surface area (Å²) in [7, 11) is 1.91. The minimum absolute atomic E-state index is 0.881. The van der Waals surface area contributed by atoms with E-state index in [0.717, 1.165) is 24.6 Å². The quantitative estimate of drug-likeness (QED) is 0.766. The molecule has 1 heterocycles. The second-order valence-electron chi connectivity index (χ2n) is 3.44. The molecule has 0 aromatic carbocycles. The molecule has 0 aliphatic heterocycles. The first-order chi connectivity index (χ1) is 6.69. The van der Waals surface area contributed by atoms with Crippen molar-refractivity contribution in [3.05, 3.63) is 22.9 Å². The van der Waals surface area contributed by atoms with Crippen molar-refractivity contribution < 1.29 is 0 Å². The van der Waals surface area contributed by atoms with Gasteiger partial charge in [-0.1, -0.05) is 6.92 Å². The molecule has 0 atom stereocenters. The Hall–Kier alpha value is -1.09. The zero-order valence-corrected chi connectivity index (χ0v) is 9.44. The fourth-order valence-corrected chi connectivity index (χ4v) is 1.54. The highest BCUT2D eigenvalue weighted by molar-refractivity contribution is 5.48. The largest absolute Gasteiger partial charge is 0.373 e. The topological polar surface area (TPSA) is 37.0 Å². The van der Waals surface area contributed by atoms with E-state index in [1.165, 1.54) is 11.1 Å². The van der Waals surface area contributed by atoms with E-state index in [0.29, 0.717) is 0 Å². The average Bonchev–Trinajstić information content (AvgIpc) is 2.15. The van der Waals surface area contributed by atoms with Crippen LogP contribution >= 0.6 is 0 Å². The molecule has 1 aromatic heterocycles. The van der Waals surface area contributed by atoms with Gasteiger partial charge in [-0.05, 0) is 32.0 Å². The molecule has 3 heteroatoms. The van der Waals surface area contributed by atoms with Crippen LogP contribution in [0, 0.1) is 13.8 Å². The molecule has 14 heavy (non-hydrogen) atoms. The molecular formula is C11H19N3. The number of aromatic nitrogens is 1. The van der Waals surface area contributed by atoms with E-state index in [4.69, 9.17) is 0 Å². The number of hydrogen-bond donors (Lipinski definition) is 2. The highest BCUT2D eigenvalue weighted by Gasteiger charge is 2.06. The number of rotatable bonds is 4. The third-order valence-corrected chi connectivity index (χ3v) is 2.26. The van der Waals surface area contributed by atoms with Crippen LogP contribution in [0.5, 0.6) is 0 Å². The lowest BCUT2D eigenvalue weighted by Crippen LogP contribution is -2.15. The van der Waals surface area contributed by atoms with Gasteiger partial charge in [0, 0.05) is 24.8 Å². The molecule has 78 valence electrons. The van der Waals surface area contributed by atoms with E-state index < -0.39 is 0 Å². The lowest BCUT2D eigenvalue weighted by atomic mass is 10.1. The molecule has 3 nitrogen and oxygen atoms in total. The van der Waals surface area contributed by atoms with Gasteiger partial charge in [-0.2, -0.15) is 0 Å². The van der Waals surface area contributed by atoms with Gasteiger partial charge in [-0.15, -0.1) is 0 Å². The van der Waals surface area contributed by atoms with E-state index >= 15 is 0 Å². The molecule has 0 radical (unpaired) electrons. The minimum atomic E-state index is 0.881. The van der Waals surface area contributed by atoms with Crippen LogP contribution in [-0.4, -0.2) is 18.6 Å². The standard InChI is InChI=1S/C11H19N3/c1-5-13-7-10-8(2)6-9(3)14-11(10)12-4/h6,13H,5,7H2,1-4H3,(H,12,14). The Labute approximate surface area is 85.9 Å². The number of aryl methyl sites for hydroxylation is 2. The summed E-state index contributed by atoms with van der Waals surface area (Å²) in [6.07, 6.45) is 0. The minimum Gasteiger partial charge on any atom is -0.373 e. The molecular weight excluding hydrogens is 174 g/mol. The summed E-state index contributed by atoms with van der Waals surface area (Å²) in [6.45, 7) is 8.12. The van der Waals surface area contributed by atoms with Crippen molar-refractivity contribution in [3.63, 3.8) is 0 Å². The molecule has 0 amide bonds. The van der Waals surface area contributed by atoms with Crippen molar-refractivity contribution in [1.82, 2.24) is 10.3 Å². The lowest BCUT2D eigenvalue weighted by molar-refractivity contribution is 0.721. The SMILES string of the molecule is CCNCc1c(C)cc(C)nc1NC. The Bertz CT molecular complexity index is 308. The van der Waals surface area contributed by atoms with E-state index in [2.05, 4.69) is 35.5 Å². The van der Waals surface area contributed by atoms with Gasteiger partial charge in [0.2, 0.25) is 0 Å². The van der Waals surface area contributed by atoms with Crippen LogP contribution in [0.3, 0.4) is 0 Å². The van der Waals surface area contributed by atoms with Crippen LogP contribution in [0.15, 0.2) is 6.07 Å². The molecule has 0 saturated carbocycles. The Kier molecular flexibility index (Phi) is 3.89. The summed E-state index contributed by atoms with van der Waals surface area (Å²) in [6, 6.07) is 2.12. The molecule has 0 spiro atoms. The van der Waals surface area contributed by atoms with Crippen LogP contribution < -0.4 is 10.6 Å². The summed E-state index contributed by atoms with van der Waals surface area (Å²) in [5, 5.41) is 6.45. The van der Waals surface area contributed by atoms with Crippen LogP contribution in [0.1, 0.15) is 23.7 Å². The molecule has 0 saturated heterocycles. The monoisotopic (exact) mass is 193 g/mol. The third kappa shape index (κ3) is 2.45. The number of anilines is 1. The van der Waals surface area contributed by atoms with Crippen LogP contribution in [0.4, 0.5) is 5.82 Å². The van der Waals surface area contributed by atoms with Crippen LogP contribution in [0.2, 0.25) is 0 Å². The van der Waals surface area contributed by atoms with Gasteiger partial charge in [-0.25, -0.2) is 4.98 Å². The maximum Gasteiger partial charge on any atom is 0.130 e. The van der Waals surface area contributed by atoms with Crippen LogP contribution in [-0.2, 0) is 6.54 Å². The smallest absolute Gasteiger partial charge is 0.130 e. The third-order valence-electron chi connectivity index (χ3n) is 2.26. The van der Waals surface area contributed by atoms with Crippen molar-refractivity contribution in [1.29, 1.82) is 0 Å². The second kappa shape index (κ2) is 4.96. The number of hydrogen-bond acceptors (Lipinski definition) is 3. The number of pyridine rings is 1. The number of nitrogens with one attached hydrogen (secondary N) is 2. The highest BCUT2D eigenvalue weighted by atomic mass is 15.0. The van der Waals surface area contributed by atoms with Gasteiger partial charge in [0.15, 0.2) is 0 Å². The van der Waals surface area contributed by atoms with Crippen molar-refractivity contribution in [2.24, 2.45) is 0 Å². The fraction of sp³-hybridized carbons (Fsp3) is 0.545. The van der Waals surface area contributed by atoms with Gasteiger partial charge in [0.25, 0.3) is 0 Å². The Balaban J connectivity index is 2.99. The second-order valence-corrected chi connectivity index (χ2v) is 3.44. The summed E-state index contributed by atoms with van der Waals surface area (Å²) < 4.78 is 0. The Morgan fingerprint density at radius 1 is 1.36 bits per heavy atom. The fourth-order valence-electron chi connectivity index (χ4n) is 1.54. The summed E-state index contributed by atoms with van der Waals surface area (Å²) in [5.74, 6) is 0.989. The van der Waals surface area contributed by atoms with Crippen molar-refractivity contribution in [3.8, 4) is 0 Å². The zero-order chi connectivity index (χ0) is 10.6. The predicted octanol–water partition coefficient (Wildman–Crippen LogP) is 1.85. The Morgan fingerprint density at radius 2 is 2.07 bits per heavy atom. The summed E-state index contributed by atoms with van der Waals surface area (Å²) in [4.78, 5) is 4.45. The van der Waals surface area contributed by atoms with Gasteiger partial charge in [0.1, 0.15) is 5.82 Å². The zero-order valence-electron chi connectivity index (χ0n) is 9.44. The summed E-state index contributed by atoms with van der Waals surface area (Å²) in [5.41, 5.74) is 3.62. The first-order valence-electron chi connectivity index (χ1n) is 5.04. The maximum absolute atomic E-state index is 4.45. The predicted molar refractivity (Wildman–Crippen MR) is 60.6 cm³/mol.